The van der Waals surface area contributed by atoms with Crippen LogP contribution in [0.1, 0.15) is 36.5 Å². The van der Waals surface area contributed by atoms with Crippen molar-refractivity contribution in [1.82, 2.24) is 9.62 Å². The van der Waals surface area contributed by atoms with E-state index >= 15 is 0 Å². The molecule has 7 heteroatoms. The summed E-state index contributed by atoms with van der Waals surface area (Å²) in [6, 6.07) is 6.41. The topological polar surface area (TPSA) is 92.5 Å². The van der Waals surface area contributed by atoms with Gasteiger partial charge in [0.05, 0.1) is 4.90 Å². The maximum atomic E-state index is 12.6. The highest BCUT2D eigenvalue weighted by atomic mass is 32.2. The molecule has 6 nitrogen and oxygen atoms in total. The smallest absolute Gasteiger partial charge is 0.254 e. The molecule has 1 heterocycles. The number of benzene rings is 1. The van der Waals surface area contributed by atoms with Gasteiger partial charge in [0.2, 0.25) is 10.0 Å². The Bertz CT molecular complexity index is 683. The average molecular weight is 337 g/mol. The second-order valence-corrected chi connectivity index (χ2v) is 8.28. The van der Waals surface area contributed by atoms with Crippen LogP contribution in [0.15, 0.2) is 29.2 Å². The fourth-order valence-electron chi connectivity index (χ4n) is 3.03. The number of rotatable bonds is 5. The molecule has 1 saturated carbocycles. The van der Waals surface area contributed by atoms with Gasteiger partial charge in [-0.3, -0.25) is 4.79 Å². The molecule has 0 bridgehead atoms. The highest BCUT2D eigenvalue weighted by Crippen LogP contribution is 2.25. The average Bonchev–Trinajstić information content (AvgIpc) is 3.25. The second-order valence-electron chi connectivity index (χ2n) is 6.56. The number of nitrogens with zero attached hydrogens (tertiary/aromatic N) is 1. The first-order valence-corrected chi connectivity index (χ1v) is 9.52. The van der Waals surface area contributed by atoms with E-state index < -0.39 is 10.0 Å². The van der Waals surface area contributed by atoms with Crippen LogP contribution >= 0.6 is 0 Å². The number of likely N-dealkylation sites (tertiary alicyclic amines) is 1. The first-order valence-electron chi connectivity index (χ1n) is 8.04. The number of carbonyl (C=O) groups is 1. The largest absolute Gasteiger partial charge is 0.336 e. The fraction of sp³-hybridized carbons (Fsp3) is 0.562. The van der Waals surface area contributed by atoms with Gasteiger partial charge in [-0.1, -0.05) is 0 Å². The Morgan fingerprint density at radius 2 is 1.96 bits per heavy atom. The molecule has 1 aromatic rings. The minimum atomic E-state index is -3.47. The van der Waals surface area contributed by atoms with Crippen molar-refractivity contribution in [2.75, 3.05) is 13.1 Å². The fourth-order valence-corrected chi connectivity index (χ4v) is 4.33. The first kappa shape index (κ1) is 16.4. The van der Waals surface area contributed by atoms with Crippen LogP contribution in [0.2, 0.25) is 0 Å². The van der Waals surface area contributed by atoms with Crippen molar-refractivity contribution in [3.8, 4) is 0 Å². The number of carbonyl (C=O) groups excluding carboxylic acids is 1. The summed E-state index contributed by atoms with van der Waals surface area (Å²) in [6.07, 6.45) is 2.70. The Balaban J connectivity index is 1.73. The zero-order valence-corrected chi connectivity index (χ0v) is 14.1. The highest BCUT2D eigenvalue weighted by molar-refractivity contribution is 7.89. The Labute approximate surface area is 137 Å². The minimum Gasteiger partial charge on any atom is -0.336 e. The SMILES string of the molecule is CC1CC(CN)CN1C(=O)c1ccc(S(=O)(=O)NC2CC2)cc1. The number of nitrogens with one attached hydrogen (secondary N) is 1. The Morgan fingerprint density at radius 1 is 1.30 bits per heavy atom. The quantitative estimate of drug-likeness (QED) is 0.836. The van der Waals surface area contributed by atoms with Crippen molar-refractivity contribution in [2.45, 2.75) is 43.2 Å². The van der Waals surface area contributed by atoms with Gasteiger partial charge in [-0.25, -0.2) is 13.1 Å². The molecule has 1 saturated heterocycles. The van der Waals surface area contributed by atoms with Gasteiger partial charge in [-0.2, -0.15) is 0 Å². The third-order valence-electron chi connectivity index (χ3n) is 4.57. The van der Waals surface area contributed by atoms with Crippen LogP contribution in [0, 0.1) is 5.92 Å². The maximum Gasteiger partial charge on any atom is 0.254 e. The molecular weight excluding hydrogens is 314 g/mol. The van der Waals surface area contributed by atoms with Gasteiger partial charge in [-0.05, 0) is 62.9 Å². The highest BCUT2D eigenvalue weighted by Gasteiger charge is 2.32. The lowest BCUT2D eigenvalue weighted by molar-refractivity contribution is 0.0743. The standard InChI is InChI=1S/C16H23N3O3S/c1-11-8-12(9-17)10-19(11)16(20)13-2-6-15(7-3-13)23(21,22)18-14-4-5-14/h2-3,6-7,11-12,14,18H,4-5,8-10,17H2,1H3. The van der Waals surface area contributed by atoms with E-state index in [4.69, 9.17) is 5.73 Å². The molecule has 0 radical (unpaired) electrons. The number of amides is 1. The maximum absolute atomic E-state index is 12.6. The molecule has 23 heavy (non-hydrogen) atoms. The molecule has 0 aromatic heterocycles. The number of hydrogen-bond donors (Lipinski definition) is 2. The molecular formula is C16H23N3O3S. The molecule has 2 fully saturated rings. The van der Waals surface area contributed by atoms with E-state index in [0.717, 1.165) is 19.3 Å². The van der Waals surface area contributed by atoms with Crippen LogP contribution in [0.5, 0.6) is 0 Å². The van der Waals surface area contributed by atoms with Crippen molar-refractivity contribution in [1.29, 1.82) is 0 Å². The van der Waals surface area contributed by atoms with E-state index in [2.05, 4.69) is 4.72 Å². The van der Waals surface area contributed by atoms with Gasteiger partial charge in [0.15, 0.2) is 0 Å². The van der Waals surface area contributed by atoms with Crippen LogP contribution in [-0.4, -0.2) is 44.4 Å². The molecule has 1 amide bonds. The normalized spacial score (nSPS) is 24.9. The van der Waals surface area contributed by atoms with Crippen molar-refractivity contribution in [3.63, 3.8) is 0 Å². The van der Waals surface area contributed by atoms with Crippen LogP contribution < -0.4 is 10.5 Å². The second kappa shape index (κ2) is 6.22. The van der Waals surface area contributed by atoms with Gasteiger partial charge in [-0.15, -0.1) is 0 Å². The van der Waals surface area contributed by atoms with Crippen molar-refractivity contribution >= 4 is 15.9 Å². The zero-order chi connectivity index (χ0) is 16.6. The predicted octanol–water partition coefficient (Wildman–Crippen LogP) is 0.937. The summed E-state index contributed by atoms with van der Waals surface area (Å²) in [5.41, 5.74) is 6.21. The predicted molar refractivity (Wildman–Crippen MR) is 87.4 cm³/mol. The van der Waals surface area contributed by atoms with Gasteiger partial charge < -0.3 is 10.6 Å². The number of sulfonamides is 1. The summed E-state index contributed by atoms with van der Waals surface area (Å²) in [7, 11) is -3.47. The lowest BCUT2D eigenvalue weighted by Gasteiger charge is -2.21. The molecule has 126 valence electrons. The molecule has 3 N–H and O–H groups in total. The van der Waals surface area contributed by atoms with Gasteiger partial charge in [0, 0.05) is 24.2 Å². The van der Waals surface area contributed by atoms with Gasteiger partial charge in [0.1, 0.15) is 0 Å². The van der Waals surface area contributed by atoms with Crippen molar-refractivity contribution < 1.29 is 13.2 Å². The van der Waals surface area contributed by atoms with E-state index in [1.165, 1.54) is 12.1 Å². The Hall–Kier alpha value is -1.44. The summed E-state index contributed by atoms with van der Waals surface area (Å²) in [4.78, 5) is 14.6. The number of nitrogens with two attached hydrogens (primary N) is 1. The van der Waals surface area contributed by atoms with Gasteiger partial charge in [0.25, 0.3) is 5.91 Å². The van der Waals surface area contributed by atoms with Crippen LogP contribution in [0.25, 0.3) is 0 Å². The summed E-state index contributed by atoms with van der Waals surface area (Å²) >= 11 is 0. The van der Waals surface area contributed by atoms with E-state index in [1.54, 1.807) is 12.1 Å². The lowest BCUT2D eigenvalue weighted by atomic mass is 10.1. The first-order chi connectivity index (χ1) is 10.9. The summed E-state index contributed by atoms with van der Waals surface area (Å²) in [6.45, 7) is 3.27. The van der Waals surface area contributed by atoms with E-state index in [0.29, 0.717) is 24.6 Å². The third-order valence-corrected chi connectivity index (χ3v) is 6.10. The summed E-state index contributed by atoms with van der Waals surface area (Å²) in [5, 5.41) is 0. The van der Waals surface area contributed by atoms with E-state index in [9.17, 15) is 13.2 Å². The molecule has 2 unspecified atom stereocenters. The molecule has 2 aliphatic rings. The summed E-state index contributed by atoms with van der Waals surface area (Å²) in [5.74, 6) is 0.281. The van der Waals surface area contributed by atoms with E-state index in [1.807, 2.05) is 11.8 Å². The Kier molecular flexibility index (Phi) is 4.44. The molecule has 1 aliphatic carbocycles. The van der Waals surface area contributed by atoms with Crippen LogP contribution in [-0.2, 0) is 10.0 Å². The lowest BCUT2D eigenvalue weighted by Crippen LogP contribution is -2.34. The van der Waals surface area contributed by atoms with Crippen LogP contribution in [0.4, 0.5) is 0 Å². The molecule has 2 atom stereocenters. The third kappa shape index (κ3) is 3.57. The summed E-state index contributed by atoms with van der Waals surface area (Å²) < 4.78 is 26.9. The van der Waals surface area contributed by atoms with Crippen LogP contribution in [0.3, 0.4) is 0 Å². The molecule has 0 spiro atoms. The number of hydrogen-bond acceptors (Lipinski definition) is 4. The molecule has 1 aliphatic heterocycles. The zero-order valence-electron chi connectivity index (χ0n) is 13.2. The van der Waals surface area contributed by atoms with Gasteiger partial charge >= 0.3 is 0 Å². The monoisotopic (exact) mass is 337 g/mol. The Morgan fingerprint density at radius 3 is 2.48 bits per heavy atom. The molecule has 3 rings (SSSR count). The molecule has 1 aromatic carbocycles. The van der Waals surface area contributed by atoms with Crippen molar-refractivity contribution in [2.24, 2.45) is 11.7 Å². The van der Waals surface area contributed by atoms with Crippen molar-refractivity contribution in [3.05, 3.63) is 29.8 Å². The minimum absolute atomic E-state index is 0.0625. The van der Waals surface area contributed by atoms with E-state index in [-0.39, 0.29) is 22.9 Å².